The molecule has 2 heterocycles. The number of carbonyl (C=O) groups is 1. The lowest BCUT2D eigenvalue weighted by molar-refractivity contribution is -0.116. The number of fused-ring (bicyclic) bond motifs is 1. The van der Waals surface area contributed by atoms with Gasteiger partial charge in [0, 0.05) is 25.1 Å². The van der Waals surface area contributed by atoms with Gasteiger partial charge in [0.15, 0.2) is 0 Å². The van der Waals surface area contributed by atoms with Gasteiger partial charge < -0.3 is 14.8 Å². The Bertz CT molecular complexity index is 1010. The zero-order valence-corrected chi connectivity index (χ0v) is 15.7. The van der Waals surface area contributed by atoms with Gasteiger partial charge in [-0.25, -0.2) is 4.98 Å². The number of hydrogen-bond donors (Lipinski definition) is 1. The third-order valence-corrected chi connectivity index (χ3v) is 4.89. The molecule has 2 aromatic heterocycles. The number of nitrogens with one attached hydrogen (secondary N) is 1. The maximum atomic E-state index is 12.3. The number of aryl methyl sites for hydroxylation is 1. The average Bonchev–Trinajstić information content (AvgIpc) is 3.12. The third-order valence-electron chi connectivity index (χ3n) is 3.78. The van der Waals surface area contributed by atoms with Gasteiger partial charge in [-0.15, -0.1) is 11.3 Å². The van der Waals surface area contributed by atoms with Crippen LogP contribution in [0.2, 0.25) is 5.02 Å². The summed E-state index contributed by atoms with van der Waals surface area (Å²) in [5, 5.41) is 5.50. The molecule has 1 N–H and O–H groups in total. The molecule has 0 atom stereocenters. The zero-order valence-electron chi connectivity index (χ0n) is 14.1. The van der Waals surface area contributed by atoms with E-state index in [0.717, 1.165) is 0 Å². The highest BCUT2D eigenvalue weighted by molar-refractivity contribution is 7.16. The fraction of sp³-hybridized carbons (Fsp3) is 0.235. The van der Waals surface area contributed by atoms with Crippen molar-refractivity contribution in [1.29, 1.82) is 0 Å². The number of thiophene rings is 1. The molecule has 0 aliphatic heterocycles. The fourth-order valence-corrected chi connectivity index (χ4v) is 3.40. The van der Waals surface area contributed by atoms with Crippen LogP contribution in [0, 0.1) is 0 Å². The Kier molecular flexibility index (Phi) is 5.43. The lowest BCUT2D eigenvalue weighted by Crippen LogP contribution is -2.23. The Morgan fingerprint density at radius 3 is 2.81 bits per heavy atom. The topological polar surface area (TPSA) is 82.5 Å². The highest BCUT2D eigenvalue weighted by atomic mass is 35.5. The van der Waals surface area contributed by atoms with E-state index in [0.29, 0.717) is 32.4 Å². The maximum absolute atomic E-state index is 12.3. The van der Waals surface area contributed by atoms with Crippen LogP contribution in [0.25, 0.3) is 10.2 Å². The molecule has 0 spiro atoms. The normalized spacial score (nSPS) is 10.7. The van der Waals surface area contributed by atoms with Crippen LogP contribution in [0.1, 0.15) is 6.42 Å². The fourth-order valence-electron chi connectivity index (χ4n) is 2.45. The number of benzene rings is 1. The predicted molar refractivity (Wildman–Crippen MR) is 102 cm³/mol. The Hall–Kier alpha value is -2.58. The summed E-state index contributed by atoms with van der Waals surface area (Å²) in [5.74, 6) is 0.568. The summed E-state index contributed by atoms with van der Waals surface area (Å²) in [6.45, 7) is 0.219. The van der Waals surface area contributed by atoms with Crippen molar-refractivity contribution in [2.75, 3.05) is 19.5 Å². The second-order valence-corrected chi connectivity index (χ2v) is 6.67. The minimum absolute atomic E-state index is 0.103. The Morgan fingerprint density at radius 2 is 2.08 bits per heavy atom. The van der Waals surface area contributed by atoms with Crippen molar-refractivity contribution in [1.82, 2.24) is 9.55 Å². The van der Waals surface area contributed by atoms with Gasteiger partial charge in [0.1, 0.15) is 16.3 Å². The summed E-state index contributed by atoms with van der Waals surface area (Å²) in [7, 11) is 2.97. The molecule has 1 aromatic carbocycles. The number of hydrogen-bond acceptors (Lipinski definition) is 6. The summed E-state index contributed by atoms with van der Waals surface area (Å²) in [6.07, 6.45) is 1.56. The van der Waals surface area contributed by atoms with Gasteiger partial charge in [-0.2, -0.15) is 0 Å². The maximum Gasteiger partial charge on any atom is 0.262 e. The standard InChI is InChI=1S/C17H16ClN3O4S/c1-24-13-8-12(14(25-2)7-11(13)18)20-15(22)3-5-21-9-19-16-10(17(21)23)4-6-26-16/h4,6-9H,3,5H2,1-2H3,(H,20,22). The predicted octanol–water partition coefficient (Wildman–Crippen LogP) is 3.16. The molecule has 1 amide bonds. The molecular weight excluding hydrogens is 378 g/mol. The molecule has 0 bridgehead atoms. The number of rotatable bonds is 6. The largest absolute Gasteiger partial charge is 0.495 e. The van der Waals surface area contributed by atoms with Gasteiger partial charge in [-0.1, -0.05) is 11.6 Å². The number of nitrogens with zero attached hydrogens (tertiary/aromatic N) is 2. The van der Waals surface area contributed by atoms with Crippen molar-refractivity contribution in [2.24, 2.45) is 0 Å². The van der Waals surface area contributed by atoms with Crippen molar-refractivity contribution in [3.05, 3.63) is 45.3 Å². The summed E-state index contributed by atoms with van der Waals surface area (Å²) >= 11 is 7.46. The smallest absolute Gasteiger partial charge is 0.262 e. The first-order valence-electron chi connectivity index (χ1n) is 7.67. The van der Waals surface area contributed by atoms with Gasteiger partial charge in [0.2, 0.25) is 5.91 Å². The van der Waals surface area contributed by atoms with Gasteiger partial charge in [-0.3, -0.25) is 14.2 Å². The van der Waals surface area contributed by atoms with E-state index in [1.807, 2.05) is 5.38 Å². The van der Waals surface area contributed by atoms with Crippen molar-refractivity contribution in [2.45, 2.75) is 13.0 Å². The number of halogens is 1. The Balaban J connectivity index is 1.72. The first kappa shape index (κ1) is 18.2. The van der Waals surface area contributed by atoms with E-state index in [2.05, 4.69) is 10.3 Å². The van der Waals surface area contributed by atoms with E-state index in [4.69, 9.17) is 21.1 Å². The summed E-state index contributed by atoms with van der Waals surface area (Å²) < 4.78 is 11.8. The van der Waals surface area contributed by atoms with Crippen LogP contribution in [0.3, 0.4) is 0 Å². The molecule has 0 radical (unpaired) electrons. The van der Waals surface area contributed by atoms with Gasteiger partial charge >= 0.3 is 0 Å². The number of anilines is 1. The number of carbonyl (C=O) groups excluding carboxylic acids is 1. The van der Waals surface area contributed by atoms with Crippen LogP contribution in [-0.2, 0) is 11.3 Å². The van der Waals surface area contributed by atoms with E-state index in [-0.39, 0.29) is 24.4 Å². The Morgan fingerprint density at radius 1 is 1.31 bits per heavy atom. The van der Waals surface area contributed by atoms with Crippen molar-refractivity contribution >= 4 is 44.7 Å². The van der Waals surface area contributed by atoms with Gasteiger partial charge in [0.05, 0.1) is 36.6 Å². The van der Waals surface area contributed by atoms with Crippen LogP contribution < -0.4 is 20.3 Å². The molecule has 0 fully saturated rings. The molecular formula is C17H16ClN3O4S. The molecule has 9 heteroatoms. The highest BCUT2D eigenvalue weighted by Crippen LogP contribution is 2.35. The third kappa shape index (κ3) is 3.66. The average molecular weight is 394 g/mol. The molecule has 0 aliphatic carbocycles. The zero-order chi connectivity index (χ0) is 18.7. The van der Waals surface area contributed by atoms with Crippen LogP contribution in [0.5, 0.6) is 11.5 Å². The van der Waals surface area contributed by atoms with Gasteiger partial charge in [-0.05, 0) is 11.4 Å². The number of ether oxygens (including phenoxy) is 2. The monoisotopic (exact) mass is 393 g/mol. The van der Waals surface area contributed by atoms with E-state index in [1.165, 1.54) is 36.5 Å². The minimum atomic E-state index is -0.273. The van der Waals surface area contributed by atoms with Crippen LogP contribution in [-0.4, -0.2) is 29.7 Å². The number of amides is 1. The first-order chi connectivity index (χ1) is 12.5. The summed E-state index contributed by atoms with van der Waals surface area (Å²) in [4.78, 5) is 29.5. The summed E-state index contributed by atoms with van der Waals surface area (Å²) in [6, 6.07) is 4.88. The Labute approximate surface area is 158 Å². The lowest BCUT2D eigenvalue weighted by atomic mass is 10.2. The SMILES string of the molecule is COc1cc(NC(=O)CCn2cnc3sccc3c2=O)c(OC)cc1Cl. The van der Waals surface area contributed by atoms with Crippen molar-refractivity contribution in [3.63, 3.8) is 0 Å². The number of aromatic nitrogens is 2. The number of methoxy groups -OCH3 is 2. The van der Waals surface area contributed by atoms with Crippen LogP contribution >= 0.6 is 22.9 Å². The lowest BCUT2D eigenvalue weighted by Gasteiger charge is -2.13. The van der Waals surface area contributed by atoms with Gasteiger partial charge in [0.25, 0.3) is 5.56 Å². The second-order valence-electron chi connectivity index (χ2n) is 5.37. The molecule has 0 saturated heterocycles. The summed E-state index contributed by atoms with van der Waals surface area (Å²) in [5.41, 5.74) is 0.285. The van der Waals surface area contributed by atoms with E-state index < -0.39 is 0 Å². The van der Waals surface area contributed by atoms with E-state index >= 15 is 0 Å². The molecule has 0 saturated carbocycles. The molecule has 0 aliphatic rings. The van der Waals surface area contributed by atoms with E-state index in [9.17, 15) is 9.59 Å². The molecule has 136 valence electrons. The second kappa shape index (κ2) is 7.76. The molecule has 0 unspecified atom stereocenters. The van der Waals surface area contributed by atoms with Crippen LogP contribution in [0.4, 0.5) is 5.69 Å². The van der Waals surface area contributed by atoms with Crippen molar-refractivity contribution < 1.29 is 14.3 Å². The quantitative estimate of drug-likeness (QED) is 0.695. The minimum Gasteiger partial charge on any atom is -0.495 e. The highest BCUT2D eigenvalue weighted by Gasteiger charge is 2.13. The van der Waals surface area contributed by atoms with Crippen molar-refractivity contribution in [3.8, 4) is 11.5 Å². The molecule has 3 rings (SSSR count). The molecule has 3 aromatic rings. The van der Waals surface area contributed by atoms with E-state index in [1.54, 1.807) is 18.2 Å². The first-order valence-corrected chi connectivity index (χ1v) is 8.93. The molecule has 7 nitrogen and oxygen atoms in total. The van der Waals surface area contributed by atoms with Crippen LogP contribution in [0.15, 0.2) is 34.7 Å². The molecule has 26 heavy (non-hydrogen) atoms.